The second-order valence-electron chi connectivity index (χ2n) is 6.59. The molecule has 0 radical (unpaired) electrons. The number of rotatable bonds is 2. The van der Waals surface area contributed by atoms with Crippen molar-refractivity contribution >= 4 is 16.8 Å². The van der Waals surface area contributed by atoms with E-state index in [9.17, 15) is 9.90 Å². The lowest BCUT2D eigenvalue weighted by atomic mass is 10.00. The van der Waals surface area contributed by atoms with Crippen LogP contribution < -0.4 is 0 Å². The zero-order chi connectivity index (χ0) is 16.9. The Labute approximate surface area is 138 Å². The van der Waals surface area contributed by atoms with Crippen LogP contribution in [0.25, 0.3) is 10.9 Å². The van der Waals surface area contributed by atoms with Gasteiger partial charge in [0.05, 0.1) is 12.7 Å². The smallest absolute Gasteiger partial charge is 0.270 e. The summed E-state index contributed by atoms with van der Waals surface area (Å²) in [5.74, 6) is -0.109. The number of nitrogens with zero attached hydrogens (tertiary/aromatic N) is 3. The number of carbonyl (C=O) groups is 1. The number of aliphatic hydroxyl groups is 1. The Kier molecular flexibility index (Phi) is 3.21. The minimum atomic E-state index is -1.14. The molecule has 1 aliphatic heterocycles. The molecule has 4 rings (SSSR count). The highest BCUT2D eigenvalue weighted by atomic mass is 16.3. The van der Waals surface area contributed by atoms with Gasteiger partial charge in [-0.1, -0.05) is 6.07 Å². The molecule has 0 bridgehead atoms. The fourth-order valence-corrected chi connectivity index (χ4v) is 3.49. The van der Waals surface area contributed by atoms with Gasteiger partial charge in [-0.25, -0.2) is 0 Å². The van der Waals surface area contributed by atoms with E-state index in [2.05, 4.69) is 26.5 Å². The number of hydrogen-bond donors (Lipinski definition) is 3. The van der Waals surface area contributed by atoms with Gasteiger partial charge in [0.25, 0.3) is 5.91 Å². The summed E-state index contributed by atoms with van der Waals surface area (Å²) in [5, 5.41) is 22.0. The number of benzene rings is 1. The number of aryl methyl sites for hydroxylation is 2. The molecule has 3 aromatic rings. The first kappa shape index (κ1) is 14.9. The monoisotopic (exact) mass is 325 g/mol. The van der Waals surface area contributed by atoms with Crippen LogP contribution in [0, 0.1) is 13.8 Å². The van der Waals surface area contributed by atoms with Gasteiger partial charge in [0.2, 0.25) is 0 Å². The molecular weight excluding hydrogens is 306 g/mol. The molecule has 0 aliphatic carbocycles. The van der Waals surface area contributed by atoms with Crippen molar-refractivity contribution in [3.8, 4) is 0 Å². The summed E-state index contributed by atoms with van der Waals surface area (Å²) in [5.41, 5.74) is 3.13. The first-order chi connectivity index (χ1) is 11.5. The maximum Gasteiger partial charge on any atom is 0.270 e. The lowest BCUT2D eigenvalue weighted by Gasteiger charge is -2.20. The number of aromatic amines is 2. The average molecular weight is 325 g/mol. The number of aromatic nitrogens is 4. The molecule has 0 saturated carbocycles. The number of amides is 1. The van der Waals surface area contributed by atoms with Crippen LogP contribution in [0.15, 0.2) is 24.4 Å². The first-order valence-corrected chi connectivity index (χ1v) is 7.94. The molecule has 1 aromatic carbocycles. The second-order valence-corrected chi connectivity index (χ2v) is 6.59. The van der Waals surface area contributed by atoms with Crippen LogP contribution in [0.3, 0.4) is 0 Å². The highest BCUT2D eigenvalue weighted by Crippen LogP contribution is 2.31. The quantitative estimate of drug-likeness (QED) is 0.667. The van der Waals surface area contributed by atoms with Crippen molar-refractivity contribution in [1.29, 1.82) is 0 Å². The Morgan fingerprint density at radius 2 is 2.17 bits per heavy atom. The van der Waals surface area contributed by atoms with Gasteiger partial charge in [0.1, 0.15) is 17.0 Å². The lowest BCUT2D eigenvalue weighted by Crippen LogP contribution is -2.34. The van der Waals surface area contributed by atoms with E-state index in [1.54, 1.807) is 4.90 Å². The first-order valence-electron chi connectivity index (χ1n) is 7.94. The minimum absolute atomic E-state index is 0.109. The summed E-state index contributed by atoms with van der Waals surface area (Å²) in [7, 11) is 0. The van der Waals surface area contributed by atoms with Gasteiger partial charge in [-0.2, -0.15) is 15.4 Å². The van der Waals surface area contributed by atoms with E-state index in [4.69, 9.17) is 0 Å². The van der Waals surface area contributed by atoms with E-state index in [-0.39, 0.29) is 12.5 Å². The third-order valence-electron chi connectivity index (χ3n) is 4.75. The summed E-state index contributed by atoms with van der Waals surface area (Å²) in [6, 6.07) is 6.03. The van der Waals surface area contributed by atoms with Crippen LogP contribution in [-0.4, -0.2) is 49.4 Å². The van der Waals surface area contributed by atoms with Crippen molar-refractivity contribution in [1.82, 2.24) is 25.3 Å². The van der Waals surface area contributed by atoms with Crippen LogP contribution >= 0.6 is 0 Å². The average Bonchev–Trinajstić information content (AvgIpc) is 3.25. The molecule has 0 spiro atoms. The second kappa shape index (κ2) is 5.17. The van der Waals surface area contributed by atoms with E-state index in [0.717, 1.165) is 22.0 Å². The number of β-amino-alcohol motifs (C(OH)–C–C–N with tert-alkyl or cyclic N) is 1. The zero-order valence-electron chi connectivity index (χ0n) is 13.6. The Morgan fingerprint density at radius 1 is 1.33 bits per heavy atom. The Hall–Kier alpha value is -2.67. The molecule has 1 atom stereocenters. The number of H-pyrrole nitrogens is 2. The van der Waals surface area contributed by atoms with E-state index in [1.165, 1.54) is 6.20 Å². The normalized spacial score (nSPS) is 20.9. The third kappa shape index (κ3) is 2.28. The van der Waals surface area contributed by atoms with Crippen LogP contribution in [0.4, 0.5) is 0 Å². The molecule has 24 heavy (non-hydrogen) atoms. The fraction of sp³-hybridized carbons (Fsp3) is 0.353. The molecular formula is C17H19N5O2. The van der Waals surface area contributed by atoms with Crippen molar-refractivity contribution in [3.63, 3.8) is 0 Å². The number of hydrogen-bond acceptors (Lipinski definition) is 4. The Balaban J connectivity index is 1.62. The van der Waals surface area contributed by atoms with Crippen molar-refractivity contribution in [2.24, 2.45) is 0 Å². The van der Waals surface area contributed by atoms with E-state index >= 15 is 0 Å². The topological polar surface area (TPSA) is 97.9 Å². The summed E-state index contributed by atoms with van der Waals surface area (Å²) < 4.78 is 0. The van der Waals surface area contributed by atoms with Crippen LogP contribution in [0.2, 0.25) is 0 Å². The third-order valence-corrected chi connectivity index (χ3v) is 4.75. The largest absolute Gasteiger partial charge is 0.381 e. The molecule has 7 nitrogen and oxygen atoms in total. The van der Waals surface area contributed by atoms with Crippen molar-refractivity contribution in [2.75, 3.05) is 13.1 Å². The number of fused-ring (bicyclic) bond motifs is 1. The molecule has 1 unspecified atom stereocenters. The van der Waals surface area contributed by atoms with Gasteiger partial charge in [0.15, 0.2) is 0 Å². The Morgan fingerprint density at radius 3 is 2.92 bits per heavy atom. The standard InChI is InChI=1S/C17H19N5O2/c1-10-5-11(2)12-7-14(19-13(12)6-10)16(23)22-4-3-17(24,9-22)15-8-18-21-20-15/h5-8,19,24H,3-4,9H2,1-2H3,(H,18,20,21). The van der Waals surface area contributed by atoms with E-state index < -0.39 is 5.60 Å². The molecule has 1 fully saturated rings. The predicted molar refractivity (Wildman–Crippen MR) is 88.6 cm³/mol. The molecule has 124 valence electrons. The van der Waals surface area contributed by atoms with Crippen LogP contribution in [0.1, 0.15) is 33.7 Å². The fourth-order valence-electron chi connectivity index (χ4n) is 3.49. The van der Waals surface area contributed by atoms with Gasteiger partial charge in [-0.05, 0) is 37.1 Å². The van der Waals surface area contributed by atoms with Gasteiger partial charge >= 0.3 is 0 Å². The molecule has 1 aliphatic rings. The number of nitrogens with one attached hydrogen (secondary N) is 2. The van der Waals surface area contributed by atoms with Crippen molar-refractivity contribution < 1.29 is 9.90 Å². The molecule has 1 saturated heterocycles. The van der Waals surface area contributed by atoms with Gasteiger partial charge < -0.3 is 15.0 Å². The maximum atomic E-state index is 12.8. The highest BCUT2D eigenvalue weighted by Gasteiger charge is 2.42. The van der Waals surface area contributed by atoms with E-state index in [0.29, 0.717) is 24.4 Å². The van der Waals surface area contributed by atoms with Crippen molar-refractivity contribution in [2.45, 2.75) is 25.9 Å². The zero-order valence-corrected chi connectivity index (χ0v) is 13.6. The molecule has 2 aromatic heterocycles. The summed E-state index contributed by atoms with van der Waals surface area (Å²) >= 11 is 0. The summed E-state index contributed by atoms with van der Waals surface area (Å²) in [6.07, 6.45) is 1.95. The molecule has 3 heterocycles. The van der Waals surface area contributed by atoms with Crippen LogP contribution in [0.5, 0.6) is 0 Å². The maximum absolute atomic E-state index is 12.8. The van der Waals surface area contributed by atoms with E-state index in [1.807, 2.05) is 26.0 Å². The van der Waals surface area contributed by atoms with Crippen LogP contribution in [-0.2, 0) is 5.60 Å². The predicted octanol–water partition coefficient (Wildman–Crippen LogP) is 1.64. The highest BCUT2D eigenvalue weighted by molar-refractivity contribution is 5.99. The van der Waals surface area contributed by atoms with Crippen molar-refractivity contribution in [3.05, 3.63) is 46.9 Å². The van der Waals surface area contributed by atoms with Gasteiger partial charge in [0, 0.05) is 23.9 Å². The number of likely N-dealkylation sites (tertiary alicyclic amines) is 1. The summed E-state index contributed by atoms with van der Waals surface area (Å²) in [4.78, 5) is 17.7. The lowest BCUT2D eigenvalue weighted by molar-refractivity contribution is 0.0381. The number of carbonyl (C=O) groups excluding carboxylic acids is 1. The molecule has 3 N–H and O–H groups in total. The SMILES string of the molecule is Cc1cc(C)c2cc(C(=O)N3CCC(O)(c4cn[nH]n4)C3)[nH]c2c1. The molecule has 7 heteroatoms. The minimum Gasteiger partial charge on any atom is -0.381 e. The summed E-state index contributed by atoms with van der Waals surface area (Å²) in [6.45, 7) is 4.77. The van der Waals surface area contributed by atoms with Gasteiger partial charge in [-0.3, -0.25) is 4.79 Å². The Bertz CT molecular complexity index is 915. The van der Waals surface area contributed by atoms with Gasteiger partial charge in [-0.15, -0.1) is 0 Å². The molecule has 1 amide bonds.